The summed E-state index contributed by atoms with van der Waals surface area (Å²) in [7, 11) is 0. The summed E-state index contributed by atoms with van der Waals surface area (Å²) in [4.78, 5) is 27.2. The van der Waals surface area contributed by atoms with E-state index in [1.165, 1.54) is 12.8 Å². The van der Waals surface area contributed by atoms with Crippen LogP contribution in [0.3, 0.4) is 0 Å². The van der Waals surface area contributed by atoms with Crippen molar-refractivity contribution in [2.24, 2.45) is 5.92 Å². The maximum Gasteiger partial charge on any atom is 0.327 e. The van der Waals surface area contributed by atoms with Crippen molar-refractivity contribution < 1.29 is 14.7 Å². The van der Waals surface area contributed by atoms with E-state index in [1.54, 1.807) is 16.7 Å². The Balaban J connectivity index is 1.95. The van der Waals surface area contributed by atoms with E-state index in [-0.39, 0.29) is 11.4 Å². The minimum atomic E-state index is -0.893. The normalized spacial score (nSPS) is 27.9. The lowest BCUT2D eigenvalue weighted by Gasteiger charge is -2.36. The number of nitrogens with zero attached hydrogens (tertiary/aromatic N) is 2. The Morgan fingerprint density at radius 1 is 1.30 bits per heavy atom. The van der Waals surface area contributed by atoms with Crippen molar-refractivity contribution in [2.75, 3.05) is 18.8 Å². The zero-order chi connectivity index (χ0) is 14.7. The van der Waals surface area contributed by atoms with Crippen LogP contribution in [-0.4, -0.2) is 57.2 Å². The standard InChI is InChI=1S/C14H24N2O3S/c1-3-4-11-5-7-15(8-6-11)14(19)16-10(2)20-9-12(16)13(17)18/h10-12H,3-9H2,1-2H3,(H,17,18). The van der Waals surface area contributed by atoms with Gasteiger partial charge in [-0.1, -0.05) is 19.8 Å². The third-order valence-electron chi connectivity index (χ3n) is 4.31. The van der Waals surface area contributed by atoms with E-state index in [9.17, 15) is 14.7 Å². The van der Waals surface area contributed by atoms with Crippen LogP contribution < -0.4 is 0 Å². The van der Waals surface area contributed by atoms with Crippen LogP contribution in [0, 0.1) is 5.92 Å². The number of carboxylic acids is 1. The summed E-state index contributed by atoms with van der Waals surface area (Å²) in [5, 5.41) is 9.19. The number of thioether (sulfide) groups is 1. The minimum Gasteiger partial charge on any atom is -0.480 e. The number of hydrogen-bond donors (Lipinski definition) is 1. The molecule has 114 valence electrons. The van der Waals surface area contributed by atoms with Crippen LogP contribution in [0.4, 0.5) is 4.79 Å². The van der Waals surface area contributed by atoms with Gasteiger partial charge in [-0.05, 0) is 25.7 Å². The Labute approximate surface area is 124 Å². The molecule has 0 aliphatic carbocycles. The van der Waals surface area contributed by atoms with Crippen LogP contribution in [0.5, 0.6) is 0 Å². The van der Waals surface area contributed by atoms with Crippen LogP contribution in [0.2, 0.25) is 0 Å². The molecular formula is C14H24N2O3S. The van der Waals surface area contributed by atoms with Gasteiger partial charge in [0, 0.05) is 18.8 Å². The molecule has 0 bridgehead atoms. The molecule has 2 fully saturated rings. The van der Waals surface area contributed by atoms with Crippen molar-refractivity contribution in [2.45, 2.75) is 50.9 Å². The molecule has 2 aliphatic rings. The first-order valence-corrected chi connectivity index (χ1v) is 8.51. The number of rotatable bonds is 3. The Hall–Kier alpha value is -0.910. The van der Waals surface area contributed by atoms with E-state index in [0.717, 1.165) is 31.8 Å². The van der Waals surface area contributed by atoms with Gasteiger partial charge in [0.25, 0.3) is 0 Å². The Kier molecular flexibility index (Phi) is 5.18. The Morgan fingerprint density at radius 3 is 2.50 bits per heavy atom. The Morgan fingerprint density at radius 2 is 1.95 bits per heavy atom. The van der Waals surface area contributed by atoms with E-state index in [1.807, 2.05) is 11.8 Å². The zero-order valence-corrected chi connectivity index (χ0v) is 13.1. The highest BCUT2D eigenvalue weighted by atomic mass is 32.2. The molecule has 0 aromatic carbocycles. The fraction of sp³-hybridized carbons (Fsp3) is 0.857. The van der Waals surface area contributed by atoms with E-state index in [0.29, 0.717) is 5.75 Å². The molecule has 0 aromatic heterocycles. The molecule has 2 saturated heterocycles. The number of aliphatic carboxylic acids is 1. The van der Waals surface area contributed by atoms with E-state index < -0.39 is 12.0 Å². The van der Waals surface area contributed by atoms with Gasteiger partial charge < -0.3 is 10.0 Å². The second kappa shape index (κ2) is 6.70. The maximum atomic E-state index is 12.6. The SMILES string of the molecule is CCCC1CCN(C(=O)N2C(C)SCC2C(=O)O)CC1. The number of hydrogen-bond acceptors (Lipinski definition) is 3. The molecular weight excluding hydrogens is 276 g/mol. The first-order valence-electron chi connectivity index (χ1n) is 7.46. The number of likely N-dealkylation sites (tertiary alicyclic amines) is 1. The molecule has 2 heterocycles. The van der Waals surface area contributed by atoms with Gasteiger partial charge in [0.15, 0.2) is 0 Å². The monoisotopic (exact) mass is 300 g/mol. The quantitative estimate of drug-likeness (QED) is 0.870. The number of amides is 2. The largest absolute Gasteiger partial charge is 0.480 e. The first kappa shape index (κ1) is 15.5. The average molecular weight is 300 g/mol. The lowest BCUT2D eigenvalue weighted by atomic mass is 9.93. The van der Waals surface area contributed by atoms with Gasteiger partial charge in [0.05, 0.1) is 5.37 Å². The molecule has 2 rings (SSSR count). The molecule has 2 atom stereocenters. The predicted octanol–water partition coefficient (Wildman–Crippen LogP) is 2.47. The van der Waals surface area contributed by atoms with Crippen LogP contribution >= 0.6 is 11.8 Å². The summed E-state index contributed by atoms with van der Waals surface area (Å²) in [6, 6.07) is -0.763. The first-order chi connectivity index (χ1) is 9.54. The van der Waals surface area contributed by atoms with Crippen LogP contribution in [0.1, 0.15) is 39.5 Å². The van der Waals surface area contributed by atoms with Crippen LogP contribution in [-0.2, 0) is 4.79 Å². The van der Waals surface area contributed by atoms with Gasteiger partial charge in [0.2, 0.25) is 0 Å². The van der Waals surface area contributed by atoms with Crippen molar-refractivity contribution >= 4 is 23.8 Å². The number of carboxylic acid groups (broad SMARTS) is 1. The van der Waals surface area contributed by atoms with Gasteiger partial charge in [-0.3, -0.25) is 4.90 Å². The van der Waals surface area contributed by atoms with Crippen LogP contribution in [0.15, 0.2) is 0 Å². The molecule has 0 spiro atoms. The van der Waals surface area contributed by atoms with Crippen molar-refractivity contribution in [1.82, 2.24) is 9.80 Å². The lowest BCUT2D eigenvalue weighted by molar-refractivity contribution is -0.141. The summed E-state index contributed by atoms with van der Waals surface area (Å²) in [5.74, 6) is 0.329. The highest BCUT2D eigenvalue weighted by Crippen LogP contribution is 2.31. The smallest absolute Gasteiger partial charge is 0.327 e. The van der Waals surface area contributed by atoms with Crippen LogP contribution in [0.25, 0.3) is 0 Å². The van der Waals surface area contributed by atoms with Crippen molar-refractivity contribution in [1.29, 1.82) is 0 Å². The molecule has 0 aromatic rings. The predicted molar refractivity (Wildman–Crippen MR) is 79.8 cm³/mol. The molecule has 6 heteroatoms. The van der Waals surface area contributed by atoms with Gasteiger partial charge in [0.1, 0.15) is 6.04 Å². The fourth-order valence-corrected chi connectivity index (χ4v) is 4.27. The second-order valence-electron chi connectivity index (χ2n) is 5.70. The number of carbonyl (C=O) groups excluding carboxylic acids is 1. The molecule has 0 radical (unpaired) electrons. The molecule has 20 heavy (non-hydrogen) atoms. The lowest BCUT2D eigenvalue weighted by Crippen LogP contribution is -2.52. The van der Waals surface area contributed by atoms with E-state index in [2.05, 4.69) is 6.92 Å². The van der Waals surface area contributed by atoms with Crippen molar-refractivity contribution in [3.8, 4) is 0 Å². The van der Waals surface area contributed by atoms with Gasteiger partial charge in [-0.2, -0.15) is 0 Å². The highest BCUT2D eigenvalue weighted by molar-refractivity contribution is 8.00. The zero-order valence-electron chi connectivity index (χ0n) is 12.2. The highest BCUT2D eigenvalue weighted by Gasteiger charge is 2.41. The van der Waals surface area contributed by atoms with Gasteiger partial charge >= 0.3 is 12.0 Å². The summed E-state index contributed by atoms with van der Waals surface area (Å²) in [5.41, 5.74) is 0. The molecule has 2 aliphatic heterocycles. The van der Waals surface area contributed by atoms with Crippen molar-refractivity contribution in [3.63, 3.8) is 0 Å². The summed E-state index contributed by atoms with van der Waals surface area (Å²) in [6.07, 6.45) is 4.52. The van der Waals surface area contributed by atoms with Gasteiger partial charge in [-0.25, -0.2) is 9.59 Å². The summed E-state index contributed by atoms with van der Waals surface area (Å²) < 4.78 is 0. The molecule has 2 unspecified atom stereocenters. The van der Waals surface area contributed by atoms with Gasteiger partial charge in [-0.15, -0.1) is 11.8 Å². The summed E-state index contributed by atoms with van der Waals surface area (Å²) in [6.45, 7) is 5.64. The van der Waals surface area contributed by atoms with Crippen molar-refractivity contribution in [3.05, 3.63) is 0 Å². The molecule has 1 N–H and O–H groups in total. The third-order valence-corrected chi connectivity index (χ3v) is 5.53. The number of carbonyl (C=O) groups is 2. The number of urea groups is 1. The van der Waals surface area contributed by atoms with E-state index >= 15 is 0 Å². The Bertz CT molecular complexity index is 369. The topological polar surface area (TPSA) is 60.9 Å². The second-order valence-corrected chi connectivity index (χ2v) is 7.04. The molecule has 2 amide bonds. The average Bonchev–Trinajstić information content (AvgIpc) is 2.81. The fourth-order valence-electron chi connectivity index (χ4n) is 3.11. The van der Waals surface area contributed by atoms with E-state index in [4.69, 9.17) is 0 Å². The molecule has 5 nitrogen and oxygen atoms in total. The molecule has 0 saturated carbocycles. The number of piperidine rings is 1. The maximum absolute atomic E-state index is 12.6. The third kappa shape index (κ3) is 3.22. The minimum absolute atomic E-state index is 0.0445. The summed E-state index contributed by atoms with van der Waals surface area (Å²) >= 11 is 1.54.